The molecule has 2 aromatic carbocycles. The standard InChI is InChI=1S/C66H93N13O25/c1-34(2)26-41(61(98)75-42(27-35(3)4)62(99)76-43(28-36(5)6)63(100)78-46(31-55(89)90)65(102)79-45(30-54(87)88)64(101)77-44(29-53(85)86)60(97)70-33-57(93)94)73-49(81)10-8-7-9-23-68-58(95)37-11-15-40(16-12-37)72-52(84)22-25-69-59(96)38-13-17-39(18-14-38)71-51(83)21-24-67-48(80)19-20-50(82)74-47(66(103)104)32-56(91)92/h11-18,34-36,41-47H,7-10,19-33H2,1-6H3,(H,67,80)(H,68,95)(H,69,96)(H,70,97)(H,71,83)(H,72,84)(H,73,81)(H,74,82)(H,75,98)(H,76,99)(H,77,101)(H,78,100)(H,79,102)(H,85,86)(H,87,88)(H,89,90)(H,91,92)(H,93,94)(H,103,104)/t41-,42-,43-,44-,45-,46-,47-/m0/s1. The van der Waals surface area contributed by atoms with E-state index in [1.165, 1.54) is 48.5 Å². The molecule has 2 rings (SSSR count). The summed E-state index contributed by atoms with van der Waals surface area (Å²) in [5.41, 5.74) is 1.21. The van der Waals surface area contributed by atoms with Crippen LogP contribution in [-0.2, 0) is 81.5 Å². The van der Waals surface area contributed by atoms with Crippen LogP contribution in [0.5, 0.6) is 0 Å². The predicted octanol–water partition coefficient (Wildman–Crippen LogP) is -1.32. The minimum absolute atomic E-state index is 0.0139. The summed E-state index contributed by atoms with van der Waals surface area (Å²) in [6, 6.07) is 0.0208. The van der Waals surface area contributed by atoms with E-state index < -0.39 is 194 Å². The van der Waals surface area contributed by atoms with Crippen LogP contribution >= 0.6 is 0 Å². The Kier molecular flexibility index (Phi) is 39.1. The van der Waals surface area contributed by atoms with Gasteiger partial charge in [0.1, 0.15) is 48.8 Å². The molecule has 0 saturated carbocycles. The van der Waals surface area contributed by atoms with Crippen LogP contribution in [0.15, 0.2) is 48.5 Å². The number of benzene rings is 2. The quantitative estimate of drug-likeness (QED) is 0.0342. The molecule has 0 unspecified atom stereocenters. The summed E-state index contributed by atoms with van der Waals surface area (Å²) in [6.45, 7) is 9.52. The van der Waals surface area contributed by atoms with E-state index in [0.29, 0.717) is 30.6 Å². The van der Waals surface area contributed by atoms with Gasteiger partial charge in [-0.2, -0.15) is 0 Å². The number of aliphatic carboxylic acids is 6. The van der Waals surface area contributed by atoms with E-state index in [9.17, 15) is 106 Å². The molecule has 0 aromatic heterocycles. The first kappa shape index (κ1) is 88.5. The van der Waals surface area contributed by atoms with Gasteiger partial charge in [0.05, 0.1) is 25.7 Å². The van der Waals surface area contributed by atoms with Crippen LogP contribution in [0.4, 0.5) is 11.4 Å². The molecule has 7 atom stereocenters. The summed E-state index contributed by atoms with van der Waals surface area (Å²) in [6.07, 6.45) is -4.07. The van der Waals surface area contributed by atoms with E-state index in [4.69, 9.17) is 15.3 Å². The van der Waals surface area contributed by atoms with Crippen LogP contribution in [0.2, 0.25) is 0 Å². The lowest BCUT2D eigenvalue weighted by atomic mass is 9.98. The molecule has 0 radical (unpaired) electrons. The van der Waals surface area contributed by atoms with Crippen molar-refractivity contribution in [2.75, 3.05) is 36.8 Å². The Morgan fingerprint density at radius 2 is 0.625 bits per heavy atom. The topological polar surface area (TPSA) is 602 Å². The average molecular weight is 1470 g/mol. The number of amides is 13. The largest absolute Gasteiger partial charge is 0.481 e. The number of hydrogen-bond donors (Lipinski definition) is 19. The van der Waals surface area contributed by atoms with Gasteiger partial charge in [-0.05, 0) is 98.4 Å². The molecule has 0 saturated heterocycles. The van der Waals surface area contributed by atoms with E-state index in [1.54, 1.807) is 41.5 Å². The van der Waals surface area contributed by atoms with Gasteiger partial charge in [-0.25, -0.2) is 4.79 Å². The third-order valence-electron chi connectivity index (χ3n) is 14.6. The summed E-state index contributed by atoms with van der Waals surface area (Å²) >= 11 is 0. The third-order valence-corrected chi connectivity index (χ3v) is 14.6. The molecule has 13 amide bonds. The number of anilines is 2. The van der Waals surface area contributed by atoms with Crippen LogP contribution < -0.4 is 69.1 Å². The number of carbonyl (C=O) groups excluding carboxylic acids is 13. The minimum atomic E-state index is -2.13. The molecular weight excluding hydrogens is 1370 g/mol. The van der Waals surface area contributed by atoms with Crippen LogP contribution in [0, 0.1) is 17.8 Å². The Balaban J connectivity index is 1.91. The fourth-order valence-corrected chi connectivity index (χ4v) is 9.59. The Morgan fingerprint density at radius 1 is 0.298 bits per heavy atom. The highest BCUT2D eigenvalue weighted by molar-refractivity contribution is 6.01. The van der Waals surface area contributed by atoms with Crippen molar-refractivity contribution in [1.82, 2.24) is 58.5 Å². The Hall–Kier alpha value is -11.6. The fourth-order valence-electron chi connectivity index (χ4n) is 9.59. The van der Waals surface area contributed by atoms with Crippen LogP contribution in [-0.4, -0.2) is 212 Å². The van der Waals surface area contributed by atoms with Crippen molar-refractivity contribution in [1.29, 1.82) is 0 Å². The molecule has 104 heavy (non-hydrogen) atoms. The number of carboxylic acid groups (broad SMARTS) is 6. The number of nitrogens with one attached hydrogen (secondary N) is 13. The highest BCUT2D eigenvalue weighted by Gasteiger charge is 2.36. The second-order valence-electron chi connectivity index (χ2n) is 25.2. The number of carboxylic acids is 6. The molecule has 0 aliphatic carbocycles. The SMILES string of the molecule is CC(C)C[C@H](NC(=O)CCCCCNC(=O)c1ccc(NC(=O)CCNC(=O)c2ccc(NC(=O)CCNC(=O)CCC(=O)N[C@@H](CC(=O)O)C(=O)O)cc2)cc1)C(=O)N[C@@H](CC(C)C)C(=O)N[C@@H](CC(C)C)C(=O)N[C@@H](CC(=O)O)C(=O)N[C@@H](CC(=O)O)C(=O)N[C@@H](CC(=O)O)C(=O)NCC(=O)O. The molecule has 572 valence electrons. The third kappa shape index (κ3) is 37.2. The Bertz CT molecular complexity index is 3400. The lowest BCUT2D eigenvalue weighted by molar-refractivity contribution is -0.147. The molecule has 0 heterocycles. The van der Waals surface area contributed by atoms with Gasteiger partial charge >= 0.3 is 35.8 Å². The normalized spacial score (nSPS) is 12.9. The predicted molar refractivity (Wildman–Crippen MR) is 364 cm³/mol. The van der Waals surface area contributed by atoms with E-state index in [0.717, 1.165) is 0 Å². The molecule has 0 aliphatic heterocycles. The highest BCUT2D eigenvalue weighted by Crippen LogP contribution is 2.16. The molecule has 0 bridgehead atoms. The van der Waals surface area contributed by atoms with Crippen molar-refractivity contribution in [3.05, 3.63) is 59.7 Å². The Labute approximate surface area is 596 Å². The molecule has 38 heteroatoms. The van der Waals surface area contributed by atoms with E-state index in [2.05, 4.69) is 47.9 Å². The van der Waals surface area contributed by atoms with Crippen molar-refractivity contribution in [3.8, 4) is 0 Å². The minimum Gasteiger partial charge on any atom is -0.481 e. The number of hydrogen-bond acceptors (Lipinski definition) is 19. The average Bonchev–Trinajstić information content (AvgIpc) is 0.852. The second kappa shape index (κ2) is 46.0. The van der Waals surface area contributed by atoms with Crippen LogP contribution in [0.1, 0.15) is 159 Å². The van der Waals surface area contributed by atoms with Gasteiger partial charge in [0.15, 0.2) is 0 Å². The summed E-state index contributed by atoms with van der Waals surface area (Å²) in [5.74, 6) is -21.0. The zero-order chi connectivity index (χ0) is 78.3. The molecule has 0 spiro atoms. The lowest BCUT2D eigenvalue weighted by Gasteiger charge is -2.28. The summed E-state index contributed by atoms with van der Waals surface area (Å²) in [4.78, 5) is 238. The van der Waals surface area contributed by atoms with Gasteiger partial charge < -0.3 is 99.8 Å². The zero-order valence-electron chi connectivity index (χ0n) is 58.3. The molecule has 19 N–H and O–H groups in total. The van der Waals surface area contributed by atoms with Gasteiger partial charge in [-0.3, -0.25) is 86.3 Å². The number of carbonyl (C=O) groups is 19. The maximum absolute atomic E-state index is 14.1. The monoisotopic (exact) mass is 1470 g/mol. The van der Waals surface area contributed by atoms with E-state index >= 15 is 0 Å². The van der Waals surface area contributed by atoms with Gasteiger partial charge in [0.2, 0.25) is 65.0 Å². The van der Waals surface area contributed by atoms with Crippen molar-refractivity contribution in [3.63, 3.8) is 0 Å². The lowest BCUT2D eigenvalue weighted by Crippen LogP contribution is -2.60. The van der Waals surface area contributed by atoms with Gasteiger partial charge in [0.25, 0.3) is 11.8 Å². The fraction of sp³-hybridized carbons (Fsp3) is 0.530. The second-order valence-corrected chi connectivity index (χ2v) is 25.2. The highest BCUT2D eigenvalue weighted by atomic mass is 16.4. The van der Waals surface area contributed by atoms with Crippen LogP contribution in [0.25, 0.3) is 0 Å². The Morgan fingerprint density at radius 3 is 1.01 bits per heavy atom. The van der Waals surface area contributed by atoms with Crippen molar-refractivity contribution < 1.29 is 122 Å². The molecular formula is C66H93N13O25. The number of rotatable bonds is 49. The zero-order valence-corrected chi connectivity index (χ0v) is 58.3. The molecule has 38 nitrogen and oxygen atoms in total. The smallest absolute Gasteiger partial charge is 0.326 e. The van der Waals surface area contributed by atoms with Crippen LogP contribution in [0.3, 0.4) is 0 Å². The summed E-state index contributed by atoms with van der Waals surface area (Å²) < 4.78 is 0. The van der Waals surface area contributed by atoms with E-state index in [1.807, 2.05) is 21.3 Å². The maximum Gasteiger partial charge on any atom is 0.326 e. The summed E-state index contributed by atoms with van der Waals surface area (Å²) in [5, 5.41) is 86.3. The summed E-state index contributed by atoms with van der Waals surface area (Å²) in [7, 11) is 0. The molecule has 0 fully saturated rings. The van der Waals surface area contributed by atoms with Crippen molar-refractivity contribution in [2.45, 2.75) is 180 Å². The van der Waals surface area contributed by atoms with Crippen molar-refractivity contribution >= 4 is 124 Å². The maximum atomic E-state index is 14.1. The first-order chi connectivity index (χ1) is 48.8. The first-order valence-electron chi connectivity index (χ1n) is 33.2. The molecule has 2 aromatic rings. The van der Waals surface area contributed by atoms with Gasteiger partial charge in [-0.1, -0.05) is 48.0 Å². The van der Waals surface area contributed by atoms with Gasteiger partial charge in [-0.15, -0.1) is 0 Å². The van der Waals surface area contributed by atoms with Gasteiger partial charge in [0, 0.05) is 74.2 Å². The molecule has 0 aliphatic rings. The first-order valence-corrected chi connectivity index (χ1v) is 33.2. The van der Waals surface area contributed by atoms with E-state index in [-0.39, 0.29) is 93.5 Å². The van der Waals surface area contributed by atoms with Crippen molar-refractivity contribution in [2.24, 2.45) is 17.8 Å². The number of unbranched alkanes of at least 4 members (excludes halogenated alkanes) is 2.